The summed E-state index contributed by atoms with van der Waals surface area (Å²) >= 11 is 6.97. The van der Waals surface area contributed by atoms with Crippen molar-refractivity contribution in [2.24, 2.45) is 0 Å². The van der Waals surface area contributed by atoms with Gasteiger partial charge >= 0.3 is 12.1 Å². The van der Waals surface area contributed by atoms with Crippen LogP contribution in [0.5, 0.6) is 0 Å². The Labute approximate surface area is 151 Å². The molecule has 0 bridgehead atoms. The van der Waals surface area contributed by atoms with Gasteiger partial charge in [0, 0.05) is 19.0 Å². The lowest BCUT2D eigenvalue weighted by molar-refractivity contribution is 0.0696. The van der Waals surface area contributed by atoms with E-state index in [0.29, 0.717) is 20.5 Å². The van der Waals surface area contributed by atoms with Gasteiger partial charge < -0.3 is 15.5 Å². The Morgan fingerprint density at radius 3 is 2.60 bits per heavy atom. The Hall–Kier alpha value is -2.58. The topological polar surface area (TPSA) is 107 Å². The monoisotopic (exact) mass is 380 g/mol. The fourth-order valence-electron chi connectivity index (χ4n) is 2.77. The van der Waals surface area contributed by atoms with Crippen LogP contribution < -0.4 is 10.2 Å². The zero-order valence-electron chi connectivity index (χ0n) is 12.7. The number of nitrogens with one attached hydrogen (secondary N) is 1. The summed E-state index contributed by atoms with van der Waals surface area (Å²) in [5.74, 6) is -1.66. The summed E-state index contributed by atoms with van der Waals surface area (Å²) in [5.41, 5.74) is 1.05. The largest absolute Gasteiger partial charge is 0.478 e. The minimum Gasteiger partial charge on any atom is -0.478 e. The molecule has 0 saturated heterocycles. The van der Waals surface area contributed by atoms with E-state index in [2.05, 4.69) is 5.32 Å². The number of amides is 2. The average Bonchev–Trinajstić information content (AvgIpc) is 3.16. The van der Waals surface area contributed by atoms with Gasteiger partial charge in [0.25, 0.3) is 5.91 Å². The highest BCUT2D eigenvalue weighted by Gasteiger charge is 2.33. The molecule has 0 saturated carbocycles. The fraction of sp³-hybridized carbons (Fsp3) is 0.188. The molecule has 25 heavy (non-hydrogen) atoms. The van der Waals surface area contributed by atoms with Gasteiger partial charge in [-0.3, -0.25) is 9.69 Å². The highest BCUT2D eigenvalue weighted by Crippen LogP contribution is 2.37. The first-order valence-corrected chi connectivity index (χ1v) is 8.47. The molecule has 0 radical (unpaired) electrons. The number of carbonyl (C=O) groups excluding carboxylic acids is 1. The fourth-order valence-corrected chi connectivity index (χ4v) is 3.73. The number of benzene rings is 1. The molecular formula is C16H13ClN2O5S. The summed E-state index contributed by atoms with van der Waals surface area (Å²) in [5, 5.41) is 21.2. The summed E-state index contributed by atoms with van der Waals surface area (Å²) < 4.78 is 0.509. The van der Waals surface area contributed by atoms with E-state index in [9.17, 15) is 19.5 Å². The zero-order valence-corrected chi connectivity index (χ0v) is 14.3. The minimum atomic E-state index is -1.16. The second-order valence-electron chi connectivity index (χ2n) is 5.48. The third-order valence-corrected chi connectivity index (χ3v) is 5.18. The number of anilines is 1. The summed E-state index contributed by atoms with van der Waals surface area (Å²) in [4.78, 5) is 36.2. The number of aromatic carboxylic acids is 1. The molecule has 130 valence electrons. The first kappa shape index (κ1) is 17.2. The predicted octanol–water partition coefficient (Wildman–Crippen LogP) is 3.11. The maximum Gasteiger partial charge on any atom is 0.411 e. The van der Waals surface area contributed by atoms with Gasteiger partial charge in [0.2, 0.25) is 0 Å². The molecule has 1 aromatic heterocycles. The quantitative estimate of drug-likeness (QED) is 0.755. The lowest BCUT2D eigenvalue weighted by atomic mass is 10.00. The Morgan fingerprint density at radius 2 is 2.00 bits per heavy atom. The lowest BCUT2D eigenvalue weighted by Gasteiger charge is -2.13. The third-order valence-electron chi connectivity index (χ3n) is 3.95. The second kappa shape index (κ2) is 6.73. The molecule has 7 nitrogen and oxygen atoms in total. The van der Waals surface area contributed by atoms with Crippen LogP contribution in [0.2, 0.25) is 4.34 Å². The SMILES string of the molecule is O=C(O)c1ccc2c(c1)N(C(=O)O)CC2CNC(=O)c1ccc(Cl)s1. The van der Waals surface area contributed by atoms with Gasteiger partial charge in [-0.15, -0.1) is 11.3 Å². The third kappa shape index (κ3) is 3.45. The molecule has 2 aromatic rings. The Morgan fingerprint density at radius 1 is 1.24 bits per heavy atom. The molecule has 0 fully saturated rings. The normalized spacial score (nSPS) is 15.7. The minimum absolute atomic E-state index is 0.0166. The first-order valence-electron chi connectivity index (χ1n) is 7.28. The predicted molar refractivity (Wildman–Crippen MR) is 93.2 cm³/mol. The Balaban J connectivity index is 1.79. The maximum atomic E-state index is 12.1. The van der Waals surface area contributed by atoms with E-state index in [0.717, 1.165) is 16.2 Å². The molecule has 1 unspecified atom stereocenters. The molecule has 0 spiro atoms. The van der Waals surface area contributed by atoms with E-state index < -0.39 is 12.1 Å². The number of carboxylic acids is 1. The van der Waals surface area contributed by atoms with E-state index in [1.807, 2.05) is 0 Å². The molecule has 1 aliphatic heterocycles. The number of carbonyl (C=O) groups is 3. The molecule has 3 N–H and O–H groups in total. The van der Waals surface area contributed by atoms with Crippen LogP contribution >= 0.6 is 22.9 Å². The van der Waals surface area contributed by atoms with Crippen molar-refractivity contribution >= 4 is 46.6 Å². The lowest BCUT2D eigenvalue weighted by Crippen LogP contribution is -2.32. The number of nitrogens with zero attached hydrogens (tertiary/aromatic N) is 1. The van der Waals surface area contributed by atoms with Gasteiger partial charge in [0.15, 0.2) is 0 Å². The van der Waals surface area contributed by atoms with E-state index in [4.69, 9.17) is 16.7 Å². The smallest absolute Gasteiger partial charge is 0.411 e. The van der Waals surface area contributed by atoms with Crippen LogP contribution in [0.3, 0.4) is 0 Å². The molecule has 2 amide bonds. The second-order valence-corrected chi connectivity index (χ2v) is 7.20. The van der Waals surface area contributed by atoms with E-state index in [1.165, 1.54) is 12.1 Å². The number of fused-ring (bicyclic) bond motifs is 1. The zero-order chi connectivity index (χ0) is 18.1. The van der Waals surface area contributed by atoms with E-state index in [1.54, 1.807) is 18.2 Å². The molecule has 1 atom stereocenters. The van der Waals surface area contributed by atoms with Gasteiger partial charge in [-0.2, -0.15) is 0 Å². The number of thiophene rings is 1. The van der Waals surface area contributed by atoms with Gasteiger partial charge in [-0.1, -0.05) is 17.7 Å². The molecule has 9 heteroatoms. The van der Waals surface area contributed by atoms with Crippen molar-refractivity contribution in [3.05, 3.63) is 50.7 Å². The van der Waals surface area contributed by atoms with Gasteiger partial charge in [-0.25, -0.2) is 9.59 Å². The molecule has 2 heterocycles. The summed E-state index contributed by atoms with van der Waals surface area (Å²) in [6.07, 6.45) is -1.16. The van der Waals surface area contributed by atoms with Crippen molar-refractivity contribution in [2.75, 3.05) is 18.0 Å². The number of hydrogen-bond acceptors (Lipinski definition) is 4. The number of carboxylic acid groups (broad SMARTS) is 2. The highest BCUT2D eigenvalue weighted by molar-refractivity contribution is 7.17. The van der Waals surface area contributed by atoms with Crippen LogP contribution in [0.1, 0.15) is 31.5 Å². The number of hydrogen-bond donors (Lipinski definition) is 3. The standard InChI is InChI=1S/C16H13ClN2O5S/c17-13-4-3-12(25-13)14(20)18-6-9-7-19(16(23)24)11-5-8(15(21)22)1-2-10(9)11/h1-5,9H,6-7H2,(H,18,20)(H,21,22)(H,23,24). The number of rotatable bonds is 4. The Bertz CT molecular complexity index is 866. The van der Waals surface area contributed by atoms with Gasteiger partial charge in [0.05, 0.1) is 20.5 Å². The van der Waals surface area contributed by atoms with Crippen molar-refractivity contribution in [1.82, 2.24) is 5.32 Å². The maximum absolute atomic E-state index is 12.1. The van der Waals surface area contributed by atoms with Crippen molar-refractivity contribution in [2.45, 2.75) is 5.92 Å². The van der Waals surface area contributed by atoms with Crippen LogP contribution in [-0.4, -0.2) is 41.3 Å². The summed E-state index contributed by atoms with van der Waals surface area (Å²) in [6.45, 7) is 0.386. The van der Waals surface area contributed by atoms with Crippen molar-refractivity contribution in [1.29, 1.82) is 0 Å². The highest BCUT2D eigenvalue weighted by atomic mass is 35.5. The van der Waals surface area contributed by atoms with Crippen molar-refractivity contribution in [3.63, 3.8) is 0 Å². The Kier molecular flexibility index (Phi) is 4.65. The molecule has 1 aromatic carbocycles. The van der Waals surface area contributed by atoms with Gasteiger partial charge in [-0.05, 0) is 29.8 Å². The first-order chi connectivity index (χ1) is 11.9. The van der Waals surface area contributed by atoms with Crippen LogP contribution in [0.25, 0.3) is 0 Å². The van der Waals surface area contributed by atoms with Crippen LogP contribution in [0.15, 0.2) is 30.3 Å². The van der Waals surface area contributed by atoms with Gasteiger partial charge in [0.1, 0.15) is 0 Å². The van der Waals surface area contributed by atoms with Crippen molar-refractivity contribution < 1.29 is 24.6 Å². The summed E-state index contributed by atoms with van der Waals surface area (Å²) in [6, 6.07) is 7.62. The molecular weight excluding hydrogens is 368 g/mol. The van der Waals surface area contributed by atoms with Crippen molar-refractivity contribution in [3.8, 4) is 0 Å². The van der Waals surface area contributed by atoms with Crippen LogP contribution in [-0.2, 0) is 0 Å². The van der Waals surface area contributed by atoms with Crippen LogP contribution in [0, 0.1) is 0 Å². The molecule has 1 aliphatic rings. The van der Waals surface area contributed by atoms with E-state index >= 15 is 0 Å². The molecule has 0 aliphatic carbocycles. The van der Waals surface area contributed by atoms with E-state index in [-0.39, 0.29) is 30.5 Å². The average molecular weight is 381 g/mol. The van der Waals surface area contributed by atoms with Crippen LogP contribution in [0.4, 0.5) is 10.5 Å². The number of halogens is 1. The molecule has 3 rings (SSSR count). The summed E-state index contributed by atoms with van der Waals surface area (Å²) in [7, 11) is 0.